The van der Waals surface area contributed by atoms with Crippen molar-refractivity contribution in [2.24, 2.45) is 0 Å². The Morgan fingerprint density at radius 2 is 1.88 bits per heavy atom. The highest BCUT2D eigenvalue weighted by molar-refractivity contribution is 9.10. The fourth-order valence-corrected chi connectivity index (χ4v) is 1.77. The van der Waals surface area contributed by atoms with Gasteiger partial charge in [-0.05, 0) is 28.1 Å². The zero-order valence-corrected chi connectivity index (χ0v) is 9.79. The van der Waals surface area contributed by atoms with Crippen molar-refractivity contribution in [3.8, 4) is 5.82 Å². The third kappa shape index (κ3) is 1.59. The third-order valence-electron chi connectivity index (χ3n) is 2.22. The summed E-state index contributed by atoms with van der Waals surface area (Å²) < 4.78 is 2.60. The molecule has 1 aromatic carbocycles. The van der Waals surface area contributed by atoms with Gasteiger partial charge >= 0.3 is 0 Å². The minimum atomic E-state index is 0.712. The predicted octanol–water partition coefficient (Wildman–Crippen LogP) is 2.58. The van der Waals surface area contributed by atoms with Gasteiger partial charge in [0.15, 0.2) is 5.82 Å². The van der Waals surface area contributed by atoms with Crippen LogP contribution in [0.3, 0.4) is 0 Å². The van der Waals surface area contributed by atoms with E-state index in [1.807, 2.05) is 30.5 Å². The van der Waals surface area contributed by atoms with Crippen molar-refractivity contribution < 1.29 is 0 Å². The summed E-state index contributed by atoms with van der Waals surface area (Å²) in [5.74, 6) is 0.712. The van der Waals surface area contributed by atoms with E-state index in [2.05, 4.69) is 31.0 Å². The lowest BCUT2D eigenvalue weighted by molar-refractivity contribution is 0.846. The molecule has 2 aromatic heterocycles. The normalized spacial score (nSPS) is 10.8. The van der Waals surface area contributed by atoms with Crippen LogP contribution in [0.5, 0.6) is 0 Å². The van der Waals surface area contributed by atoms with Gasteiger partial charge in [-0.25, -0.2) is 9.67 Å². The maximum atomic E-state index is 4.48. The van der Waals surface area contributed by atoms with E-state index in [9.17, 15) is 0 Å². The highest BCUT2D eigenvalue weighted by Crippen LogP contribution is 2.13. The lowest BCUT2D eigenvalue weighted by Crippen LogP contribution is -1.98. The number of rotatable bonds is 1. The Kier molecular flexibility index (Phi) is 2.18. The molecular formula is C11H7BrN4. The zero-order chi connectivity index (χ0) is 11.0. The van der Waals surface area contributed by atoms with Gasteiger partial charge in [0.1, 0.15) is 0 Å². The van der Waals surface area contributed by atoms with Crippen molar-refractivity contribution in [2.45, 2.75) is 0 Å². The second-order valence-electron chi connectivity index (χ2n) is 3.32. The molecule has 78 valence electrons. The Labute approximate surface area is 100 Å². The minimum Gasteiger partial charge on any atom is -0.251 e. The Bertz CT molecular complexity index is 647. The Hall–Kier alpha value is -1.75. The molecule has 0 bridgehead atoms. The SMILES string of the molecule is Brc1cnn(-c2cnc3ccccc3n2)c1. The summed E-state index contributed by atoms with van der Waals surface area (Å²) in [7, 11) is 0. The van der Waals surface area contributed by atoms with Crippen LogP contribution in [0.1, 0.15) is 0 Å². The van der Waals surface area contributed by atoms with Crippen molar-refractivity contribution in [3.05, 3.63) is 47.3 Å². The molecule has 16 heavy (non-hydrogen) atoms. The lowest BCUT2D eigenvalue weighted by atomic mass is 10.3. The maximum Gasteiger partial charge on any atom is 0.172 e. The molecule has 0 N–H and O–H groups in total. The molecule has 5 heteroatoms. The zero-order valence-electron chi connectivity index (χ0n) is 8.21. The summed E-state index contributed by atoms with van der Waals surface area (Å²) in [5, 5.41) is 4.16. The molecule has 0 fully saturated rings. The van der Waals surface area contributed by atoms with E-state index in [0.717, 1.165) is 15.5 Å². The summed E-state index contributed by atoms with van der Waals surface area (Å²) >= 11 is 3.35. The van der Waals surface area contributed by atoms with E-state index in [1.165, 1.54) is 0 Å². The number of benzene rings is 1. The van der Waals surface area contributed by atoms with E-state index in [1.54, 1.807) is 17.1 Å². The molecule has 3 aromatic rings. The van der Waals surface area contributed by atoms with Crippen LogP contribution >= 0.6 is 15.9 Å². The smallest absolute Gasteiger partial charge is 0.172 e. The quantitative estimate of drug-likeness (QED) is 0.685. The number of hydrogen-bond acceptors (Lipinski definition) is 3. The molecule has 0 amide bonds. The number of halogens is 1. The Balaban J connectivity index is 2.18. The van der Waals surface area contributed by atoms with Gasteiger partial charge in [0.25, 0.3) is 0 Å². The summed E-state index contributed by atoms with van der Waals surface area (Å²) in [6, 6.07) is 7.76. The van der Waals surface area contributed by atoms with Gasteiger partial charge in [0.2, 0.25) is 0 Å². The first kappa shape index (κ1) is 9.47. The average Bonchev–Trinajstić information content (AvgIpc) is 2.75. The minimum absolute atomic E-state index is 0.712. The summed E-state index contributed by atoms with van der Waals surface area (Å²) in [6.07, 6.45) is 5.28. The number of nitrogens with zero attached hydrogens (tertiary/aromatic N) is 4. The first-order chi connectivity index (χ1) is 7.83. The van der Waals surface area contributed by atoms with E-state index >= 15 is 0 Å². The second kappa shape index (κ2) is 3.68. The van der Waals surface area contributed by atoms with Crippen LogP contribution in [-0.2, 0) is 0 Å². The fraction of sp³-hybridized carbons (Fsp3) is 0. The lowest BCUT2D eigenvalue weighted by Gasteiger charge is -2.01. The number of hydrogen-bond donors (Lipinski definition) is 0. The largest absolute Gasteiger partial charge is 0.251 e. The summed E-state index contributed by atoms with van der Waals surface area (Å²) in [5.41, 5.74) is 1.75. The Morgan fingerprint density at radius 3 is 2.62 bits per heavy atom. The fourth-order valence-electron chi connectivity index (χ4n) is 1.48. The first-order valence-electron chi connectivity index (χ1n) is 4.75. The molecule has 0 atom stereocenters. The van der Waals surface area contributed by atoms with Crippen LogP contribution in [-0.4, -0.2) is 19.7 Å². The summed E-state index contributed by atoms with van der Waals surface area (Å²) in [4.78, 5) is 8.80. The van der Waals surface area contributed by atoms with Crippen molar-refractivity contribution >= 4 is 27.0 Å². The molecule has 2 heterocycles. The molecule has 3 rings (SSSR count). The average molecular weight is 275 g/mol. The third-order valence-corrected chi connectivity index (χ3v) is 2.63. The highest BCUT2D eigenvalue weighted by Gasteiger charge is 2.02. The first-order valence-corrected chi connectivity index (χ1v) is 5.54. The van der Waals surface area contributed by atoms with Crippen molar-refractivity contribution in [3.63, 3.8) is 0 Å². The van der Waals surface area contributed by atoms with Gasteiger partial charge < -0.3 is 0 Å². The van der Waals surface area contributed by atoms with Crippen LogP contribution < -0.4 is 0 Å². The molecule has 4 nitrogen and oxygen atoms in total. The number of fused-ring (bicyclic) bond motifs is 1. The van der Waals surface area contributed by atoms with E-state index in [-0.39, 0.29) is 0 Å². The van der Waals surface area contributed by atoms with E-state index in [0.29, 0.717) is 5.82 Å². The van der Waals surface area contributed by atoms with E-state index < -0.39 is 0 Å². The van der Waals surface area contributed by atoms with Gasteiger partial charge in [0.05, 0.1) is 27.9 Å². The number of para-hydroxylation sites is 2. The Morgan fingerprint density at radius 1 is 1.06 bits per heavy atom. The van der Waals surface area contributed by atoms with Gasteiger partial charge in [0, 0.05) is 6.20 Å². The second-order valence-corrected chi connectivity index (χ2v) is 4.24. The predicted molar refractivity (Wildman–Crippen MR) is 64.4 cm³/mol. The van der Waals surface area contributed by atoms with Crippen LogP contribution in [0.15, 0.2) is 47.3 Å². The van der Waals surface area contributed by atoms with Crippen molar-refractivity contribution in [1.29, 1.82) is 0 Å². The van der Waals surface area contributed by atoms with Crippen molar-refractivity contribution in [2.75, 3.05) is 0 Å². The van der Waals surface area contributed by atoms with Gasteiger partial charge in [-0.1, -0.05) is 12.1 Å². The molecule has 0 spiro atoms. The summed E-state index contributed by atoms with van der Waals surface area (Å²) in [6.45, 7) is 0. The molecule has 0 saturated heterocycles. The number of aromatic nitrogens is 4. The van der Waals surface area contributed by atoms with Gasteiger partial charge in [-0.3, -0.25) is 4.98 Å². The maximum absolute atomic E-state index is 4.48. The molecule has 0 unspecified atom stereocenters. The van der Waals surface area contributed by atoms with E-state index in [4.69, 9.17) is 0 Å². The molecular weight excluding hydrogens is 268 g/mol. The highest BCUT2D eigenvalue weighted by atomic mass is 79.9. The monoisotopic (exact) mass is 274 g/mol. The van der Waals surface area contributed by atoms with Crippen LogP contribution in [0.2, 0.25) is 0 Å². The molecule has 0 aliphatic carbocycles. The standard InChI is InChI=1S/C11H7BrN4/c12-8-5-14-16(7-8)11-6-13-9-3-1-2-4-10(9)15-11/h1-7H. The molecule has 0 saturated carbocycles. The molecule has 0 aliphatic heterocycles. The van der Waals surface area contributed by atoms with Crippen molar-refractivity contribution in [1.82, 2.24) is 19.7 Å². The van der Waals surface area contributed by atoms with Crippen LogP contribution in [0, 0.1) is 0 Å². The molecule has 0 aliphatic rings. The topological polar surface area (TPSA) is 43.6 Å². The van der Waals surface area contributed by atoms with Gasteiger partial charge in [-0.2, -0.15) is 5.10 Å². The van der Waals surface area contributed by atoms with Gasteiger partial charge in [-0.15, -0.1) is 0 Å². The molecule has 0 radical (unpaired) electrons. The van der Waals surface area contributed by atoms with Crippen LogP contribution in [0.4, 0.5) is 0 Å². The van der Waals surface area contributed by atoms with Crippen LogP contribution in [0.25, 0.3) is 16.9 Å².